The van der Waals surface area contributed by atoms with Crippen molar-refractivity contribution in [3.8, 4) is 5.69 Å². The number of hydrogen-bond donors (Lipinski definition) is 0. The predicted molar refractivity (Wildman–Crippen MR) is 71.7 cm³/mol. The van der Waals surface area contributed by atoms with E-state index in [1.165, 1.54) is 4.68 Å². The standard InChI is InChI=1S/C13H12ClN3O/c14-12-11(16-7-4-8-16)9-15-17(13(12)18)10-5-2-1-3-6-10/h1-3,5-6,9H,4,7-8H2. The maximum absolute atomic E-state index is 12.2. The zero-order chi connectivity index (χ0) is 12.5. The molecule has 0 bridgehead atoms. The Balaban J connectivity index is 2.08. The van der Waals surface area contributed by atoms with Crippen molar-refractivity contribution in [2.45, 2.75) is 6.42 Å². The van der Waals surface area contributed by atoms with Crippen LogP contribution < -0.4 is 10.5 Å². The third kappa shape index (κ3) is 1.78. The highest BCUT2D eigenvalue weighted by molar-refractivity contribution is 6.33. The maximum atomic E-state index is 12.2. The molecule has 5 heteroatoms. The Bertz CT molecular complexity index is 620. The van der Waals surface area contributed by atoms with Crippen LogP contribution in [0.2, 0.25) is 5.02 Å². The van der Waals surface area contributed by atoms with Gasteiger partial charge in [0.05, 0.1) is 17.6 Å². The van der Waals surface area contributed by atoms with Gasteiger partial charge >= 0.3 is 0 Å². The van der Waals surface area contributed by atoms with Crippen molar-refractivity contribution in [1.82, 2.24) is 9.78 Å². The van der Waals surface area contributed by atoms with Crippen LogP contribution in [0.4, 0.5) is 5.69 Å². The van der Waals surface area contributed by atoms with Crippen molar-refractivity contribution in [1.29, 1.82) is 0 Å². The summed E-state index contributed by atoms with van der Waals surface area (Å²) in [7, 11) is 0. The van der Waals surface area contributed by atoms with Crippen molar-refractivity contribution in [2.75, 3.05) is 18.0 Å². The van der Waals surface area contributed by atoms with E-state index in [4.69, 9.17) is 11.6 Å². The van der Waals surface area contributed by atoms with Crippen LogP contribution in [0, 0.1) is 0 Å². The molecule has 0 spiro atoms. The van der Waals surface area contributed by atoms with Crippen molar-refractivity contribution >= 4 is 17.3 Å². The van der Waals surface area contributed by atoms with Crippen molar-refractivity contribution in [3.05, 3.63) is 51.9 Å². The van der Waals surface area contributed by atoms with Crippen LogP contribution in [0.3, 0.4) is 0 Å². The zero-order valence-electron chi connectivity index (χ0n) is 9.71. The molecule has 1 aromatic heterocycles. The minimum absolute atomic E-state index is 0.244. The van der Waals surface area contributed by atoms with E-state index in [1.54, 1.807) is 6.20 Å². The van der Waals surface area contributed by atoms with E-state index in [0.29, 0.717) is 0 Å². The number of para-hydroxylation sites is 1. The number of hydrogen-bond acceptors (Lipinski definition) is 3. The van der Waals surface area contributed by atoms with Gasteiger partial charge in [0.25, 0.3) is 5.56 Å². The molecule has 4 nitrogen and oxygen atoms in total. The average molecular weight is 262 g/mol. The monoisotopic (exact) mass is 261 g/mol. The Morgan fingerprint density at radius 3 is 2.50 bits per heavy atom. The molecule has 3 rings (SSSR count). The lowest BCUT2D eigenvalue weighted by molar-refractivity contribution is 0.613. The molecular formula is C13H12ClN3O. The molecule has 0 radical (unpaired) electrons. The second-order valence-corrected chi connectivity index (χ2v) is 4.61. The van der Waals surface area contributed by atoms with Gasteiger partial charge in [-0.05, 0) is 18.6 Å². The molecule has 0 N–H and O–H groups in total. The Labute approximate surface area is 109 Å². The Morgan fingerprint density at radius 2 is 1.89 bits per heavy atom. The summed E-state index contributed by atoms with van der Waals surface area (Å²) in [4.78, 5) is 14.2. The van der Waals surface area contributed by atoms with Gasteiger partial charge in [-0.25, -0.2) is 0 Å². The first kappa shape index (κ1) is 11.3. The van der Waals surface area contributed by atoms with Crippen LogP contribution in [0.1, 0.15) is 6.42 Å². The normalized spacial score (nSPS) is 14.4. The van der Waals surface area contributed by atoms with Gasteiger partial charge in [0.15, 0.2) is 0 Å². The summed E-state index contributed by atoms with van der Waals surface area (Å²) < 4.78 is 1.33. The highest BCUT2D eigenvalue weighted by Crippen LogP contribution is 2.25. The average Bonchev–Trinajstić information content (AvgIpc) is 2.34. The molecule has 1 aliphatic rings. The first-order valence-electron chi connectivity index (χ1n) is 5.85. The number of nitrogens with zero attached hydrogens (tertiary/aromatic N) is 3. The summed E-state index contributed by atoms with van der Waals surface area (Å²) in [5, 5.41) is 4.43. The third-order valence-electron chi connectivity index (χ3n) is 3.10. The lowest BCUT2D eigenvalue weighted by atomic mass is 10.2. The molecule has 18 heavy (non-hydrogen) atoms. The lowest BCUT2D eigenvalue weighted by Crippen LogP contribution is -2.38. The zero-order valence-corrected chi connectivity index (χ0v) is 10.5. The highest BCUT2D eigenvalue weighted by atomic mass is 35.5. The molecule has 1 aliphatic heterocycles. The third-order valence-corrected chi connectivity index (χ3v) is 3.45. The fourth-order valence-electron chi connectivity index (χ4n) is 1.95. The lowest BCUT2D eigenvalue weighted by Gasteiger charge is -2.33. The molecule has 92 valence electrons. The van der Waals surface area contributed by atoms with E-state index >= 15 is 0 Å². The van der Waals surface area contributed by atoms with Gasteiger partial charge < -0.3 is 4.90 Å². The van der Waals surface area contributed by atoms with E-state index in [0.717, 1.165) is 30.9 Å². The Morgan fingerprint density at radius 1 is 1.17 bits per heavy atom. The van der Waals surface area contributed by atoms with E-state index in [9.17, 15) is 4.79 Å². The minimum Gasteiger partial charge on any atom is -0.369 e. The van der Waals surface area contributed by atoms with Crippen LogP contribution in [0.15, 0.2) is 41.3 Å². The van der Waals surface area contributed by atoms with Gasteiger partial charge in [-0.15, -0.1) is 0 Å². The quantitative estimate of drug-likeness (QED) is 0.831. The highest BCUT2D eigenvalue weighted by Gasteiger charge is 2.20. The van der Waals surface area contributed by atoms with Crippen LogP contribution in [0.25, 0.3) is 5.69 Å². The van der Waals surface area contributed by atoms with Gasteiger partial charge in [-0.2, -0.15) is 9.78 Å². The topological polar surface area (TPSA) is 38.1 Å². The molecule has 2 aromatic rings. The fraction of sp³-hybridized carbons (Fsp3) is 0.231. The molecule has 1 aromatic carbocycles. The maximum Gasteiger partial charge on any atom is 0.292 e. The molecule has 0 saturated carbocycles. The molecule has 1 saturated heterocycles. The Kier molecular flexibility index (Phi) is 2.80. The van der Waals surface area contributed by atoms with Crippen molar-refractivity contribution < 1.29 is 0 Å². The first-order chi connectivity index (χ1) is 8.77. The molecule has 0 amide bonds. The van der Waals surface area contributed by atoms with E-state index in [1.807, 2.05) is 30.3 Å². The molecular weight excluding hydrogens is 250 g/mol. The second-order valence-electron chi connectivity index (χ2n) is 4.24. The molecule has 2 heterocycles. The molecule has 1 fully saturated rings. The smallest absolute Gasteiger partial charge is 0.292 e. The Hall–Kier alpha value is -1.81. The van der Waals surface area contributed by atoms with Crippen LogP contribution in [-0.4, -0.2) is 22.9 Å². The van der Waals surface area contributed by atoms with Crippen LogP contribution in [-0.2, 0) is 0 Å². The summed E-state index contributed by atoms with van der Waals surface area (Å²) in [6.45, 7) is 1.88. The largest absolute Gasteiger partial charge is 0.369 e. The fourth-order valence-corrected chi connectivity index (χ4v) is 2.20. The van der Waals surface area contributed by atoms with Gasteiger partial charge in [0.2, 0.25) is 0 Å². The molecule has 0 aliphatic carbocycles. The number of halogens is 1. The van der Waals surface area contributed by atoms with E-state index in [-0.39, 0.29) is 10.6 Å². The second kappa shape index (κ2) is 4.46. The minimum atomic E-state index is -0.271. The SMILES string of the molecule is O=c1c(Cl)c(N2CCC2)cnn1-c1ccccc1. The van der Waals surface area contributed by atoms with Gasteiger partial charge in [0.1, 0.15) is 5.02 Å². The number of rotatable bonds is 2. The summed E-state index contributed by atoms with van der Waals surface area (Å²) >= 11 is 6.14. The number of benzene rings is 1. The van der Waals surface area contributed by atoms with E-state index < -0.39 is 0 Å². The predicted octanol–water partition coefficient (Wildman–Crippen LogP) is 2.10. The molecule has 0 unspecified atom stereocenters. The van der Waals surface area contributed by atoms with Crippen molar-refractivity contribution in [2.24, 2.45) is 0 Å². The summed E-state index contributed by atoms with van der Waals surface area (Å²) in [5.74, 6) is 0. The summed E-state index contributed by atoms with van der Waals surface area (Å²) in [6, 6.07) is 9.27. The van der Waals surface area contributed by atoms with Gasteiger partial charge in [0, 0.05) is 13.1 Å². The van der Waals surface area contributed by atoms with Crippen molar-refractivity contribution in [3.63, 3.8) is 0 Å². The number of anilines is 1. The van der Waals surface area contributed by atoms with Gasteiger partial charge in [-0.3, -0.25) is 4.79 Å². The summed E-state index contributed by atoms with van der Waals surface area (Å²) in [5.41, 5.74) is 1.19. The van der Waals surface area contributed by atoms with Gasteiger partial charge in [-0.1, -0.05) is 29.8 Å². The van der Waals surface area contributed by atoms with Crippen LogP contribution in [0.5, 0.6) is 0 Å². The van der Waals surface area contributed by atoms with Crippen LogP contribution >= 0.6 is 11.6 Å². The first-order valence-corrected chi connectivity index (χ1v) is 6.23. The van der Waals surface area contributed by atoms with E-state index in [2.05, 4.69) is 10.00 Å². The summed E-state index contributed by atoms with van der Waals surface area (Å²) in [6.07, 6.45) is 2.80. The number of aromatic nitrogens is 2. The molecule has 0 atom stereocenters.